The number of benzene rings is 1. The molecular formula is C18H23ClN4OS. The lowest BCUT2D eigenvalue weighted by Gasteiger charge is -2.20. The quantitative estimate of drug-likeness (QED) is 0.649. The van der Waals surface area contributed by atoms with Gasteiger partial charge in [0.2, 0.25) is 5.89 Å². The molecule has 0 amide bonds. The van der Waals surface area contributed by atoms with Crippen molar-refractivity contribution >= 4 is 23.7 Å². The number of aromatic nitrogens is 2. The Kier molecular flexibility index (Phi) is 7.58. The number of aryl methyl sites for hydroxylation is 1. The van der Waals surface area contributed by atoms with Crippen molar-refractivity contribution in [3.05, 3.63) is 69.5 Å². The second-order valence-corrected chi connectivity index (χ2v) is 7.14. The zero-order chi connectivity index (χ0) is 16.8. The first-order valence-electron chi connectivity index (χ1n) is 8.06. The van der Waals surface area contributed by atoms with Gasteiger partial charge in [0, 0.05) is 22.8 Å². The van der Waals surface area contributed by atoms with E-state index < -0.39 is 0 Å². The molecule has 2 N–H and O–H groups in total. The van der Waals surface area contributed by atoms with Crippen LogP contribution in [0.2, 0.25) is 0 Å². The van der Waals surface area contributed by atoms with Crippen LogP contribution in [-0.4, -0.2) is 21.6 Å². The smallest absolute Gasteiger partial charge is 0.240 e. The average molecular weight is 379 g/mol. The minimum absolute atomic E-state index is 0. The molecular weight excluding hydrogens is 356 g/mol. The molecule has 5 nitrogen and oxygen atoms in total. The molecule has 134 valence electrons. The van der Waals surface area contributed by atoms with E-state index in [9.17, 15) is 0 Å². The van der Waals surface area contributed by atoms with Crippen LogP contribution in [0.3, 0.4) is 0 Å². The van der Waals surface area contributed by atoms with E-state index in [0.29, 0.717) is 18.3 Å². The highest BCUT2D eigenvalue weighted by Crippen LogP contribution is 2.18. The van der Waals surface area contributed by atoms with Crippen molar-refractivity contribution in [2.45, 2.75) is 33.0 Å². The van der Waals surface area contributed by atoms with Crippen LogP contribution in [0.1, 0.15) is 27.0 Å². The van der Waals surface area contributed by atoms with Gasteiger partial charge in [0.25, 0.3) is 0 Å². The third-order valence-electron chi connectivity index (χ3n) is 3.78. The van der Waals surface area contributed by atoms with E-state index in [2.05, 4.69) is 58.4 Å². The number of hydrogen-bond acceptors (Lipinski definition) is 6. The fourth-order valence-electron chi connectivity index (χ4n) is 2.57. The number of nitrogens with two attached hydrogens (primary N) is 1. The highest BCUT2D eigenvalue weighted by Gasteiger charge is 2.13. The first kappa shape index (κ1) is 19.6. The number of thiophene rings is 1. The molecule has 0 aliphatic carbocycles. The van der Waals surface area contributed by atoms with Gasteiger partial charge in [-0.05, 0) is 31.0 Å². The van der Waals surface area contributed by atoms with Crippen LogP contribution >= 0.6 is 23.7 Å². The van der Waals surface area contributed by atoms with E-state index in [1.54, 1.807) is 0 Å². The lowest BCUT2D eigenvalue weighted by molar-refractivity contribution is 0.250. The van der Waals surface area contributed by atoms with Crippen molar-refractivity contribution in [1.29, 1.82) is 0 Å². The molecule has 2 aromatic heterocycles. The summed E-state index contributed by atoms with van der Waals surface area (Å²) in [6.45, 7) is 4.90. The molecule has 0 saturated carbocycles. The van der Waals surface area contributed by atoms with E-state index in [-0.39, 0.29) is 19.0 Å². The molecule has 0 unspecified atom stereocenters. The number of hydrogen-bond donors (Lipinski definition) is 1. The van der Waals surface area contributed by atoms with Gasteiger partial charge in [0.05, 0.1) is 13.1 Å². The highest BCUT2D eigenvalue weighted by molar-refractivity contribution is 7.11. The van der Waals surface area contributed by atoms with Crippen LogP contribution in [0.5, 0.6) is 0 Å². The summed E-state index contributed by atoms with van der Waals surface area (Å²) in [6.07, 6.45) is 0.993. The van der Waals surface area contributed by atoms with E-state index in [1.807, 2.05) is 17.4 Å². The lowest BCUT2D eigenvalue weighted by Crippen LogP contribution is -2.25. The second-order valence-electron chi connectivity index (χ2n) is 5.77. The third kappa shape index (κ3) is 5.93. The summed E-state index contributed by atoms with van der Waals surface area (Å²) >= 11 is 1.83. The Morgan fingerprint density at radius 3 is 2.56 bits per heavy atom. The van der Waals surface area contributed by atoms with Crippen molar-refractivity contribution in [3.63, 3.8) is 0 Å². The standard InChI is InChI=1S/C18H22N4OS.ClH/c1-14-7-8-16(24-14)12-22(10-9-15-5-3-2-4-6-15)13-17-20-18(11-19)23-21-17;/h2-8H,9-13,19H2,1H3;1H. The van der Waals surface area contributed by atoms with Crippen LogP contribution < -0.4 is 5.73 Å². The summed E-state index contributed by atoms with van der Waals surface area (Å²) in [4.78, 5) is 9.36. The second kappa shape index (κ2) is 9.68. The van der Waals surface area contributed by atoms with E-state index in [0.717, 1.165) is 19.5 Å². The minimum atomic E-state index is 0. The van der Waals surface area contributed by atoms with Crippen molar-refractivity contribution in [2.24, 2.45) is 5.73 Å². The zero-order valence-electron chi connectivity index (χ0n) is 14.2. The Bertz CT molecular complexity index is 759. The first-order chi connectivity index (χ1) is 11.7. The van der Waals surface area contributed by atoms with Gasteiger partial charge < -0.3 is 10.3 Å². The molecule has 0 radical (unpaired) electrons. The van der Waals surface area contributed by atoms with E-state index in [1.165, 1.54) is 15.3 Å². The normalized spacial score (nSPS) is 10.8. The average Bonchev–Trinajstić information content (AvgIpc) is 3.22. The van der Waals surface area contributed by atoms with Crippen LogP contribution in [-0.2, 0) is 26.1 Å². The van der Waals surface area contributed by atoms with Crippen LogP contribution in [0.4, 0.5) is 0 Å². The van der Waals surface area contributed by atoms with Gasteiger partial charge in [-0.1, -0.05) is 35.5 Å². The van der Waals surface area contributed by atoms with Gasteiger partial charge in [-0.25, -0.2) is 0 Å². The summed E-state index contributed by atoms with van der Waals surface area (Å²) in [6, 6.07) is 14.9. The van der Waals surface area contributed by atoms with Crippen molar-refractivity contribution in [3.8, 4) is 0 Å². The molecule has 3 aromatic rings. The summed E-state index contributed by atoms with van der Waals surface area (Å²) in [5, 5.41) is 4.02. The third-order valence-corrected chi connectivity index (χ3v) is 4.77. The Hall–Kier alpha value is -1.73. The van der Waals surface area contributed by atoms with E-state index in [4.69, 9.17) is 10.3 Å². The lowest BCUT2D eigenvalue weighted by atomic mass is 10.1. The molecule has 1 aromatic carbocycles. The Morgan fingerprint density at radius 2 is 1.92 bits per heavy atom. The van der Waals surface area contributed by atoms with Crippen molar-refractivity contribution in [1.82, 2.24) is 15.0 Å². The van der Waals surface area contributed by atoms with Gasteiger partial charge in [-0.2, -0.15) is 4.98 Å². The Labute approximate surface area is 158 Å². The monoisotopic (exact) mass is 378 g/mol. The molecule has 2 heterocycles. The van der Waals surface area contributed by atoms with Crippen molar-refractivity contribution < 1.29 is 4.52 Å². The number of nitrogens with zero attached hydrogens (tertiary/aromatic N) is 3. The molecule has 7 heteroatoms. The molecule has 3 rings (SSSR count). The fraction of sp³-hybridized carbons (Fsp3) is 0.333. The summed E-state index contributed by atoms with van der Waals surface area (Å²) in [7, 11) is 0. The predicted octanol–water partition coefficient (Wildman–Crippen LogP) is 3.56. The van der Waals surface area contributed by atoms with Gasteiger partial charge in [0.15, 0.2) is 5.82 Å². The maximum atomic E-state index is 5.55. The fourth-order valence-corrected chi connectivity index (χ4v) is 3.51. The highest BCUT2D eigenvalue weighted by atomic mass is 35.5. The van der Waals surface area contributed by atoms with Crippen LogP contribution in [0.25, 0.3) is 0 Å². The molecule has 0 aliphatic rings. The maximum Gasteiger partial charge on any atom is 0.240 e. The van der Waals surface area contributed by atoms with Gasteiger partial charge >= 0.3 is 0 Å². The summed E-state index contributed by atoms with van der Waals surface area (Å²) in [5.41, 5.74) is 6.88. The Balaban J connectivity index is 0.00000225. The number of halogens is 1. The molecule has 0 fully saturated rings. The summed E-state index contributed by atoms with van der Waals surface area (Å²) < 4.78 is 5.12. The molecule has 0 saturated heterocycles. The molecule has 0 spiro atoms. The summed E-state index contributed by atoms with van der Waals surface area (Å²) in [5.74, 6) is 1.18. The van der Waals surface area contributed by atoms with Gasteiger partial charge in [-0.15, -0.1) is 23.7 Å². The van der Waals surface area contributed by atoms with Gasteiger partial charge in [0.1, 0.15) is 0 Å². The van der Waals surface area contributed by atoms with Crippen molar-refractivity contribution in [2.75, 3.05) is 6.54 Å². The largest absolute Gasteiger partial charge is 0.338 e. The minimum Gasteiger partial charge on any atom is -0.338 e. The van der Waals surface area contributed by atoms with Gasteiger partial charge in [-0.3, -0.25) is 4.90 Å². The SMILES string of the molecule is Cc1ccc(CN(CCc2ccccc2)Cc2noc(CN)n2)s1.Cl. The maximum absolute atomic E-state index is 5.55. The molecule has 0 aliphatic heterocycles. The van der Waals surface area contributed by atoms with Crippen LogP contribution in [0, 0.1) is 6.92 Å². The van der Waals surface area contributed by atoms with Crippen LogP contribution in [0.15, 0.2) is 47.0 Å². The first-order valence-corrected chi connectivity index (χ1v) is 8.87. The Morgan fingerprint density at radius 1 is 1.12 bits per heavy atom. The number of rotatable bonds is 8. The predicted molar refractivity (Wildman–Crippen MR) is 103 cm³/mol. The van der Waals surface area contributed by atoms with E-state index >= 15 is 0 Å². The molecule has 25 heavy (non-hydrogen) atoms. The topological polar surface area (TPSA) is 68.2 Å². The zero-order valence-corrected chi connectivity index (χ0v) is 15.9. The molecule has 0 bridgehead atoms. The molecule has 0 atom stereocenters.